The topological polar surface area (TPSA) is 73.4 Å². The molecule has 0 spiro atoms. The Bertz CT molecular complexity index is 1910. The predicted octanol–water partition coefficient (Wildman–Crippen LogP) is 8.50. The molecule has 1 fully saturated rings. The van der Waals surface area contributed by atoms with E-state index in [0.29, 0.717) is 11.6 Å². The van der Waals surface area contributed by atoms with E-state index in [2.05, 4.69) is 76.6 Å². The fraction of sp³-hybridized carbons (Fsp3) is 0.270. The number of rotatable bonds is 7. The van der Waals surface area contributed by atoms with Crippen molar-refractivity contribution in [1.29, 1.82) is 0 Å². The fourth-order valence-corrected chi connectivity index (χ4v) is 5.83. The zero-order valence-electron chi connectivity index (χ0n) is 26.8. The number of carbonyl (C=O) groups is 1. The minimum absolute atomic E-state index is 0.0673. The fourth-order valence-electron chi connectivity index (χ4n) is 5.83. The van der Waals surface area contributed by atoms with Crippen LogP contribution in [0.5, 0.6) is 0 Å². The molecule has 1 aliphatic heterocycles. The molecule has 0 atom stereocenters. The van der Waals surface area contributed by atoms with Crippen LogP contribution in [0.4, 0.5) is 36.2 Å². The summed E-state index contributed by atoms with van der Waals surface area (Å²) in [4.78, 5) is 27.2. The maximum atomic E-state index is 13.2. The van der Waals surface area contributed by atoms with Crippen molar-refractivity contribution in [3.05, 3.63) is 107 Å². The summed E-state index contributed by atoms with van der Waals surface area (Å²) in [7, 11) is 2.15. The zero-order chi connectivity index (χ0) is 33.3. The van der Waals surface area contributed by atoms with E-state index in [-0.39, 0.29) is 11.5 Å². The third kappa shape index (κ3) is 7.23. The molecule has 1 saturated heterocycles. The number of likely N-dealkylation sites (N-methyl/N-ethyl adjacent to an activating group) is 1. The molecule has 0 unspecified atom stereocenters. The molecule has 0 bridgehead atoms. The normalized spacial score (nSPS) is 14.1. The second-order valence-corrected chi connectivity index (χ2v) is 12.4. The molecule has 1 aliphatic rings. The number of carbonyl (C=O) groups excluding carboxylic acids is 1. The predicted molar refractivity (Wildman–Crippen MR) is 183 cm³/mol. The summed E-state index contributed by atoms with van der Waals surface area (Å²) in [6.45, 7) is 10.3. The average Bonchev–Trinajstić information content (AvgIpc) is 3.05. The van der Waals surface area contributed by atoms with E-state index in [1.165, 1.54) is 17.8 Å². The van der Waals surface area contributed by atoms with Crippen LogP contribution in [0.2, 0.25) is 0 Å². The van der Waals surface area contributed by atoms with E-state index >= 15 is 0 Å². The minimum Gasteiger partial charge on any atom is -0.369 e. The number of benzene rings is 4. The number of nitrogens with one attached hydrogen (secondary N) is 2. The SMILES string of the molecule is Cc1ccc(NC(=O)c2cccc(C(F)(F)F)c2)cc1-c1cc(C(C)C)c2nc(Nc3ccc(N4CCN(C)CC4)cc3)ncc2c1. The Morgan fingerprint density at radius 3 is 2.32 bits per heavy atom. The van der Waals surface area contributed by atoms with E-state index in [1.54, 1.807) is 6.07 Å². The van der Waals surface area contributed by atoms with Crippen molar-refractivity contribution in [3.63, 3.8) is 0 Å². The second-order valence-electron chi connectivity index (χ2n) is 12.4. The van der Waals surface area contributed by atoms with Gasteiger partial charge in [0.1, 0.15) is 0 Å². The average molecular weight is 639 g/mol. The zero-order valence-corrected chi connectivity index (χ0v) is 26.8. The van der Waals surface area contributed by atoms with Gasteiger partial charge in [0.25, 0.3) is 5.91 Å². The van der Waals surface area contributed by atoms with Crippen LogP contribution in [-0.2, 0) is 6.18 Å². The number of hydrogen-bond acceptors (Lipinski definition) is 6. The van der Waals surface area contributed by atoms with Crippen LogP contribution in [0, 0.1) is 6.92 Å². The van der Waals surface area contributed by atoms with Gasteiger partial charge in [0, 0.05) is 60.4 Å². The Labute approximate surface area is 272 Å². The third-order valence-corrected chi connectivity index (χ3v) is 8.58. The molecule has 7 nitrogen and oxygen atoms in total. The first-order valence-electron chi connectivity index (χ1n) is 15.7. The molecule has 1 amide bonds. The van der Waals surface area contributed by atoms with E-state index in [1.807, 2.05) is 31.3 Å². The van der Waals surface area contributed by atoms with Crippen molar-refractivity contribution in [2.45, 2.75) is 32.9 Å². The maximum absolute atomic E-state index is 13.2. The number of hydrogen-bond donors (Lipinski definition) is 2. The third-order valence-electron chi connectivity index (χ3n) is 8.58. The Kier molecular flexibility index (Phi) is 8.88. The van der Waals surface area contributed by atoms with Gasteiger partial charge in [0.15, 0.2) is 0 Å². The lowest BCUT2D eigenvalue weighted by atomic mass is 9.92. The molecule has 2 heterocycles. The number of anilines is 4. The van der Waals surface area contributed by atoms with E-state index < -0.39 is 17.6 Å². The van der Waals surface area contributed by atoms with Gasteiger partial charge >= 0.3 is 6.18 Å². The summed E-state index contributed by atoms with van der Waals surface area (Å²) in [6.07, 6.45) is -2.72. The summed E-state index contributed by atoms with van der Waals surface area (Å²) in [6, 6.07) is 22.3. The molecular formula is C37H37F3N6O. The first kappa shape index (κ1) is 32.0. The molecule has 10 heteroatoms. The van der Waals surface area contributed by atoms with E-state index in [4.69, 9.17) is 4.98 Å². The number of alkyl halides is 3. The largest absolute Gasteiger partial charge is 0.416 e. The highest BCUT2D eigenvalue weighted by Crippen LogP contribution is 2.35. The van der Waals surface area contributed by atoms with Gasteiger partial charge in [-0.25, -0.2) is 9.97 Å². The van der Waals surface area contributed by atoms with Crippen molar-refractivity contribution < 1.29 is 18.0 Å². The molecule has 47 heavy (non-hydrogen) atoms. The summed E-state index contributed by atoms with van der Waals surface area (Å²) in [5.41, 5.74) is 6.35. The molecule has 1 aromatic heterocycles. The van der Waals surface area contributed by atoms with E-state index in [9.17, 15) is 18.0 Å². The lowest BCUT2D eigenvalue weighted by Gasteiger charge is -2.34. The van der Waals surface area contributed by atoms with Crippen molar-refractivity contribution >= 4 is 39.8 Å². The number of halogens is 3. The molecule has 4 aromatic carbocycles. The summed E-state index contributed by atoms with van der Waals surface area (Å²) < 4.78 is 39.6. The maximum Gasteiger partial charge on any atom is 0.416 e. The molecule has 0 saturated carbocycles. The van der Waals surface area contributed by atoms with Crippen LogP contribution in [0.15, 0.2) is 85.1 Å². The number of aromatic nitrogens is 2. The first-order chi connectivity index (χ1) is 22.4. The highest BCUT2D eigenvalue weighted by molar-refractivity contribution is 6.04. The van der Waals surface area contributed by atoms with Crippen molar-refractivity contribution in [3.8, 4) is 11.1 Å². The van der Waals surface area contributed by atoms with Crippen LogP contribution < -0.4 is 15.5 Å². The Morgan fingerprint density at radius 1 is 0.894 bits per heavy atom. The highest BCUT2D eigenvalue weighted by atomic mass is 19.4. The van der Waals surface area contributed by atoms with Gasteiger partial charge in [-0.15, -0.1) is 0 Å². The van der Waals surface area contributed by atoms with Gasteiger partial charge in [-0.1, -0.05) is 26.0 Å². The monoisotopic (exact) mass is 638 g/mol. The van der Waals surface area contributed by atoms with Gasteiger partial charge in [-0.2, -0.15) is 13.2 Å². The van der Waals surface area contributed by atoms with Gasteiger partial charge in [0.05, 0.1) is 11.1 Å². The Balaban J connectivity index is 1.25. The van der Waals surface area contributed by atoms with Gasteiger partial charge in [-0.3, -0.25) is 4.79 Å². The molecule has 0 aliphatic carbocycles. The number of piperazine rings is 1. The van der Waals surface area contributed by atoms with Crippen LogP contribution in [0.3, 0.4) is 0 Å². The molecular weight excluding hydrogens is 601 g/mol. The highest BCUT2D eigenvalue weighted by Gasteiger charge is 2.31. The number of amides is 1. The lowest BCUT2D eigenvalue weighted by Crippen LogP contribution is -2.44. The van der Waals surface area contributed by atoms with Crippen LogP contribution in [0.25, 0.3) is 22.0 Å². The van der Waals surface area contributed by atoms with Gasteiger partial charge < -0.3 is 20.4 Å². The molecule has 5 aromatic rings. The molecule has 0 radical (unpaired) electrons. The van der Waals surface area contributed by atoms with Crippen LogP contribution in [0.1, 0.15) is 46.8 Å². The second kappa shape index (κ2) is 13.0. The standard InChI is InChI=1S/C37H37F3N6O/c1-23(2)32-20-26(33-21-30(9-8-24(33)3)42-35(47)25-6-5-7-28(19-25)37(38,39)40)18-27-22-41-36(44-34(27)32)43-29-10-12-31(13-11-29)46-16-14-45(4)15-17-46/h5-13,18-23H,14-17H2,1-4H3,(H,42,47)(H,41,43,44). The first-order valence-corrected chi connectivity index (χ1v) is 15.7. The molecule has 2 N–H and O–H groups in total. The van der Waals surface area contributed by atoms with Crippen molar-refractivity contribution in [2.75, 3.05) is 48.8 Å². The number of fused-ring (bicyclic) bond motifs is 1. The van der Waals surface area contributed by atoms with Crippen LogP contribution >= 0.6 is 0 Å². The number of nitrogens with zero attached hydrogens (tertiary/aromatic N) is 4. The lowest BCUT2D eigenvalue weighted by molar-refractivity contribution is -0.137. The Hall–Kier alpha value is -4.96. The minimum atomic E-state index is -4.53. The molecule has 6 rings (SSSR count). The van der Waals surface area contributed by atoms with Crippen LogP contribution in [-0.4, -0.2) is 54.0 Å². The van der Waals surface area contributed by atoms with Crippen molar-refractivity contribution in [1.82, 2.24) is 14.9 Å². The summed E-state index contributed by atoms with van der Waals surface area (Å²) in [5.74, 6) is 0.0526. The quantitative estimate of drug-likeness (QED) is 0.186. The summed E-state index contributed by atoms with van der Waals surface area (Å²) in [5, 5.41) is 6.99. The molecule has 242 valence electrons. The smallest absolute Gasteiger partial charge is 0.369 e. The van der Waals surface area contributed by atoms with E-state index in [0.717, 1.165) is 77.2 Å². The van der Waals surface area contributed by atoms with Gasteiger partial charge in [0.2, 0.25) is 5.95 Å². The summed E-state index contributed by atoms with van der Waals surface area (Å²) >= 11 is 0. The number of aryl methyl sites for hydroxylation is 1. The Morgan fingerprint density at radius 2 is 1.62 bits per heavy atom. The van der Waals surface area contributed by atoms with Crippen molar-refractivity contribution in [2.24, 2.45) is 0 Å². The van der Waals surface area contributed by atoms with Gasteiger partial charge in [-0.05, 0) is 109 Å².